The van der Waals surface area contributed by atoms with Gasteiger partial charge in [0.1, 0.15) is 12.1 Å². The third-order valence-corrected chi connectivity index (χ3v) is 8.39. The second-order valence-corrected chi connectivity index (χ2v) is 10.3. The number of aliphatic hydroxyl groups is 1. The van der Waals surface area contributed by atoms with Crippen LogP contribution in [0.4, 0.5) is 0 Å². The van der Waals surface area contributed by atoms with Gasteiger partial charge in [0.2, 0.25) is 17.7 Å². The molecule has 0 aromatic heterocycles. The summed E-state index contributed by atoms with van der Waals surface area (Å²) in [6.45, 7) is 0.536. The molecule has 2 atom stereocenters. The van der Waals surface area contributed by atoms with Gasteiger partial charge in [0.15, 0.2) is 0 Å². The van der Waals surface area contributed by atoms with Gasteiger partial charge in [-0.1, -0.05) is 12.8 Å². The molecule has 9 nitrogen and oxygen atoms in total. The lowest BCUT2D eigenvalue weighted by molar-refractivity contribution is -0.140. The number of hydrogen-bond donors (Lipinski definition) is 5. The summed E-state index contributed by atoms with van der Waals surface area (Å²) < 4.78 is -0.153. The van der Waals surface area contributed by atoms with E-state index in [-0.39, 0.29) is 22.3 Å². The summed E-state index contributed by atoms with van der Waals surface area (Å²) >= 11 is 3.58. The minimum absolute atomic E-state index is 0.153. The van der Waals surface area contributed by atoms with E-state index in [0.29, 0.717) is 25.9 Å². The lowest BCUT2D eigenvalue weighted by atomic mass is 10.1. The van der Waals surface area contributed by atoms with Crippen LogP contribution in [0.2, 0.25) is 0 Å². The van der Waals surface area contributed by atoms with E-state index in [1.54, 1.807) is 29.0 Å². The monoisotopic (exact) mass is 434 g/mol. The zero-order chi connectivity index (χ0) is 20.6. The third-order valence-electron chi connectivity index (χ3n) is 4.96. The minimum atomic E-state index is -1.00. The number of unbranched alkanes of at least 4 members (excludes halogenated alkanes) is 3. The van der Waals surface area contributed by atoms with Crippen molar-refractivity contribution in [3.63, 3.8) is 0 Å². The molecular formula is C17H30N4O5S2. The number of amides is 3. The SMILES string of the molecule is N[C@@H](CO)C(=O)N1CC2(C[C@H]1C(=O)NCCCCCCC(=O)NO)SCCS2. The summed E-state index contributed by atoms with van der Waals surface area (Å²) in [7, 11) is 0. The fourth-order valence-corrected chi connectivity index (χ4v) is 6.71. The van der Waals surface area contributed by atoms with Crippen LogP contribution in [0.15, 0.2) is 0 Å². The van der Waals surface area contributed by atoms with Gasteiger partial charge in [0, 0.05) is 37.4 Å². The van der Waals surface area contributed by atoms with E-state index in [1.165, 1.54) is 4.90 Å². The molecule has 2 saturated heterocycles. The van der Waals surface area contributed by atoms with Gasteiger partial charge in [-0.05, 0) is 12.8 Å². The number of carbonyl (C=O) groups excluding carboxylic acids is 3. The Morgan fingerprint density at radius 1 is 1.18 bits per heavy atom. The Kier molecular flexibility index (Phi) is 9.35. The van der Waals surface area contributed by atoms with E-state index in [2.05, 4.69) is 5.32 Å². The molecule has 2 aliphatic rings. The van der Waals surface area contributed by atoms with Crippen LogP contribution < -0.4 is 16.5 Å². The maximum absolute atomic E-state index is 12.7. The lowest BCUT2D eigenvalue weighted by Crippen LogP contribution is -2.52. The predicted octanol–water partition coefficient (Wildman–Crippen LogP) is -0.345. The van der Waals surface area contributed by atoms with Crippen LogP contribution in [-0.4, -0.2) is 80.3 Å². The molecule has 0 aromatic rings. The number of nitrogens with one attached hydrogen (secondary N) is 2. The Bertz CT molecular complexity index is 560. The first kappa shape index (κ1) is 23.3. The normalized spacial score (nSPS) is 21.7. The number of rotatable bonds is 10. The molecule has 2 fully saturated rings. The number of nitrogens with two attached hydrogens (primary N) is 1. The molecule has 0 unspecified atom stereocenters. The number of hydrogen-bond acceptors (Lipinski definition) is 8. The number of likely N-dealkylation sites (tertiary alicyclic amines) is 1. The van der Waals surface area contributed by atoms with Gasteiger partial charge in [-0.3, -0.25) is 19.6 Å². The average Bonchev–Trinajstić information content (AvgIpc) is 3.32. The van der Waals surface area contributed by atoms with Gasteiger partial charge in [-0.2, -0.15) is 0 Å². The molecule has 0 aromatic carbocycles. The van der Waals surface area contributed by atoms with Crippen LogP contribution in [0.3, 0.4) is 0 Å². The highest BCUT2D eigenvalue weighted by Gasteiger charge is 2.51. The van der Waals surface area contributed by atoms with Gasteiger partial charge >= 0.3 is 0 Å². The summed E-state index contributed by atoms with van der Waals surface area (Å²) in [5.74, 6) is 1.05. The first-order valence-electron chi connectivity index (χ1n) is 9.58. The molecular weight excluding hydrogens is 404 g/mol. The molecule has 6 N–H and O–H groups in total. The molecule has 0 bridgehead atoms. The van der Waals surface area contributed by atoms with Crippen LogP contribution in [0.1, 0.15) is 38.5 Å². The van der Waals surface area contributed by atoms with Gasteiger partial charge in [0.25, 0.3) is 0 Å². The van der Waals surface area contributed by atoms with Crippen molar-refractivity contribution < 1.29 is 24.7 Å². The number of aliphatic hydroxyl groups excluding tert-OH is 1. The quantitative estimate of drug-likeness (QED) is 0.178. The summed E-state index contributed by atoms with van der Waals surface area (Å²) in [5.41, 5.74) is 7.32. The summed E-state index contributed by atoms with van der Waals surface area (Å²) in [6.07, 6.45) is 4.02. The number of hydroxylamine groups is 1. The lowest BCUT2D eigenvalue weighted by Gasteiger charge is -2.26. The molecule has 0 saturated carbocycles. The number of nitrogens with zero attached hydrogens (tertiary/aromatic N) is 1. The van der Waals surface area contributed by atoms with E-state index < -0.39 is 24.6 Å². The van der Waals surface area contributed by atoms with Crippen LogP contribution >= 0.6 is 23.5 Å². The fraction of sp³-hybridized carbons (Fsp3) is 0.824. The van der Waals surface area contributed by atoms with Gasteiger partial charge in [-0.25, -0.2) is 5.48 Å². The predicted molar refractivity (Wildman–Crippen MR) is 109 cm³/mol. The Hall–Kier alpha value is -1.01. The maximum atomic E-state index is 12.7. The van der Waals surface area contributed by atoms with E-state index in [9.17, 15) is 19.5 Å². The van der Waals surface area contributed by atoms with Gasteiger partial charge < -0.3 is 21.1 Å². The van der Waals surface area contributed by atoms with Crippen molar-refractivity contribution in [3.05, 3.63) is 0 Å². The Labute approximate surface area is 173 Å². The molecule has 0 aliphatic carbocycles. The second kappa shape index (κ2) is 11.2. The summed E-state index contributed by atoms with van der Waals surface area (Å²) in [4.78, 5) is 37.7. The molecule has 2 aliphatic heterocycles. The third kappa shape index (κ3) is 6.24. The zero-order valence-electron chi connectivity index (χ0n) is 15.9. The number of carbonyl (C=O) groups is 3. The van der Waals surface area contributed by atoms with Crippen molar-refractivity contribution in [1.29, 1.82) is 0 Å². The van der Waals surface area contributed by atoms with E-state index >= 15 is 0 Å². The molecule has 1 spiro atoms. The van der Waals surface area contributed by atoms with Gasteiger partial charge in [-0.15, -0.1) is 23.5 Å². The molecule has 3 amide bonds. The Morgan fingerprint density at radius 2 is 1.86 bits per heavy atom. The standard InChI is InChI=1S/C17H30N4O5S2/c18-12(10-22)16(25)21-11-17(27-7-8-28-17)9-13(21)15(24)19-6-4-2-1-3-5-14(23)20-26/h12-13,22,26H,1-11,18H2,(H,19,24)(H,20,23)/t12-,13-/m0/s1. The van der Waals surface area contributed by atoms with Crippen LogP contribution in [0, 0.1) is 0 Å². The smallest absolute Gasteiger partial charge is 0.243 e. The highest BCUT2D eigenvalue weighted by atomic mass is 32.2. The Balaban J connectivity index is 1.80. The van der Waals surface area contributed by atoms with Crippen LogP contribution in [-0.2, 0) is 14.4 Å². The topological polar surface area (TPSA) is 145 Å². The molecule has 11 heteroatoms. The first-order valence-corrected chi connectivity index (χ1v) is 11.5. The van der Waals surface area contributed by atoms with Crippen molar-refractivity contribution in [3.8, 4) is 0 Å². The highest BCUT2D eigenvalue weighted by Crippen LogP contribution is 2.51. The Morgan fingerprint density at radius 3 is 2.50 bits per heavy atom. The van der Waals surface area contributed by atoms with Crippen LogP contribution in [0.5, 0.6) is 0 Å². The summed E-state index contributed by atoms with van der Waals surface area (Å²) in [5, 5.41) is 20.6. The molecule has 28 heavy (non-hydrogen) atoms. The van der Waals surface area contributed by atoms with E-state index in [0.717, 1.165) is 30.8 Å². The second-order valence-electron chi connectivity index (χ2n) is 7.07. The van der Waals surface area contributed by atoms with Crippen molar-refractivity contribution in [2.24, 2.45) is 5.73 Å². The minimum Gasteiger partial charge on any atom is -0.394 e. The average molecular weight is 435 g/mol. The highest BCUT2D eigenvalue weighted by molar-refractivity contribution is 8.21. The summed E-state index contributed by atoms with van der Waals surface area (Å²) in [6, 6.07) is -1.56. The molecule has 2 heterocycles. The van der Waals surface area contributed by atoms with E-state index in [4.69, 9.17) is 10.9 Å². The zero-order valence-corrected chi connectivity index (χ0v) is 17.5. The van der Waals surface area contributed by atoms with Crippen molar-refractivity contribution in [2.75, 3.05) is 31.2 Å². The largest absolute Gasteiger partial charge is 0.394 e. The fourth-order valence-electron chi connectivity index (χ4n) is 3.45. The maximum Gasteiger partial charge on any atom is 0.243 e. The van der Waals surface area contributed by atoms with Gasteiger partial charge in [0.05, 0.1) is 10.7 Å². The van der Waals surface area contributed by atoms with Crippen molar-refractivity contribution in [1.82, 2.24) is 15.7 Å². The molecule has 160 valence electrons. The number of thioether (sulfide) groups is 2. The molecule has 0 radical (unpaired) electrons. The van der Waals surface area contributed by atoms with Crippen molar-refractivity contribution >= 4 is 41.2 Å². The van der Waals surface area contributed by atoms with Crippen LogP contribution in [0.25, 0.3) is 0 Å². The first-order chi connectivity index (χ1) is 13.4. The molecule has 2 rings (SSSR count). The van der Waals surface area contributed by atoms with E-state index in [1.807, 2.05) is 0 Å². The van der Waals surface area contributed by atoms with Crippen molar-refractivity contribution in [2.45, 2.75) is 54.7 Å².